The lowest BCUT2D eigenvalue weighted by Crippen LogP contribution is -2.33. The zero-order chi connectivity index (χ0) is 12.4. The van der Waals surface area contributed by atoms with Crippen LogP contribution in [0.5, 0.6) is 0 Å². The summed E-state index contributed by atoms with van der Waals surface area (Å²) in [6, 6.07) is 5.15. The van der Waals surface area contributed by atoms with Crippen molar-refractivity contribution in [2.45, 2.75) is 18.9 Å². The first-order valence-electron chi connectivity index (χ1n) is 5.51. The quantitative estimate of drug-likeness (QED) is 0.798. The minimum absolute atomic E-state index is 0.175. The summed E-state index contributed by atoms with van der Waals surface area (Å²) in [5.41, 5.74) is 0.890. The van der Waals surface area contributed by atoms with Crippen LogP contribution in [-0.2, 0) is 0 Å². The highest BCUT2D eigenvalue weighted by molar-refractivity contribution is 9.10. The first-order chi connectivity index (χ1) is 8.06. The first-order valence-corrected chi connectivity index (χ1v) is 6.30. The average molecular weight is 300 g/mol. The van der Waals surface area contributed by atoms with E-state index in [2.05, 4.69) is 21.2 Å². The van der Waals surface area contributed by atoms with E-state index >= 15 is 0 Å². The summed E-state index contributed by atoms with van der Waals surface area (Å²) in [6.07, 6.45) is 1.42. The largest absolute Gasteiger partial charge is 0.478 e. The van der Waals surface area contributed by atoms with Crippen LogP contribution in [0.4, 0.5) is 5.69 Å². The molecule has 0 heterocycles. The van der Waals surface area contributed by atoms with Crippen LogP contribution in [0.1, 0.15) is 23.2 Å². The summed E-state index contributed by atoms with van der Waals surface area (Å²) >= 11 is 3.25. The Hall–Kier alpha value is -1.07. The van der Waals surface area contributed by atoms with Crippen LogP contribution in [0.3, 0.4) is 0 Å². The molecule has 0 spiro atoms. The van der Waals surface area contributed by atoms with E-state index < -0.39 is 5.97 Å². The van der Waals surface area contributed by atoms with Crippen molar-refractivity contribution in [3.63, 3.8) is 0 Å². The highest BCUT2D eigenvalue weighted by atomic mass is 79.9. The lowest BCUT2D eigenvalue weighted by molar-refractivity contribution is 0.0486. The van der Waals surface area contributed by atoms with Gasteiger partial charge >= 0.3 is 5.97 Å². The number of aliphatic hydroxyl groups excluding tert-OH is 1. The number of hydrogen-bond acceptors (Lipinski definition) is 3. The van der Waals surface area contributed by atoms with Gasteiger partial charge in [-0.2, -0.15) is 0 Å². The SMILES string of the molecule is O=C(O)c1cc(Br)ccc1NCC1CC(O)C1. The molecule has 1 aliphatic rings. The molecule has 1 aliphatic carbocycles. The molecule has 3 N–H and O–H groups in total. The van der Waals surface area contributed by atoms with Gasteiger partial charge in [-0.15, -0.1) is 0 Å². The van der Waals surface area contributed by atoms with Crippen LogP contribution >= 0.6 is 15.9 Å². The number of rotatable bonds is 4. The Morgan fingerprint density at radius 3 is 2.76 bits per heavy atom. The smallest absolute Gasteiger partial charge is 0.337 e. The number of carboxylic acid groups (broad SMARTS) is 1. The molecule has 1 aromatic rings. The van der Waals surface area contributed by atoms with Crippen molar-refractivity contribution >= 4 is 27.6 Å². The van der Waals surface area contributed by atoms with Crippen LogP contribution in [0.15, 0.2) is 22.7 Å². The molecule has 92 valence electrons. The minimum Gasteiger partial charge on any atom is -0.478 e. The minimum atomic E-state index is -0.942. The maximum absolute atomic E-state index is 11.1. The predicted octanol–water partition coefficient (Wildman–Crippen LogP) is 2.33. The van der Waals surface area contributed by atoms with Crippen LogP contribution in [0.25, 0.3) is 0 Å². The summed E-state index contributed by atoms with van der Waals surface area (Å²) in [7, 11) is 0. The number of benzene rings is 1. The van der Waals surface area contributed by atoms with Crippen LogP contribution < -0.4 is 5.32 Å². The normalized spacial score (nSPS) is 22.9. The zero-order valence-corrected chi connectivity index (χ0v) is 10.8. The lowest BCUT2D eigenvalue weighted by Gasteiger charge is -2.31. The molecule has 0 aliphatic heterocycles. The van der Waals surface area contributed by atoms with Crippen molar-refractivity contribution in [1.29, 1.82) is 0 Å². The first kappa shape index (κ1) is 12.4. The molecular formula is C12H14BrNO3. The van der Waals surface area contributed by atoms with Crippen molar-refractivity contribution in [2.24, 2.45) is 5.92 Å². The number of anilines is 1. The van der Waals surface area contributed by atoms with Crippen molar-refractivity contribution in [2.75, 3.05) is 11.9 Å². The summed E-state index contributed by atoms with van der Waals surface area (Å²) < 4.78 is 0.750. The Balaban J connectivity index is 2.02. The van der Waals surface area contributed by atoms with Gasteiger partial charge in [-0.25, -0.2) is 4.79 Å². The second-order valence-electron chi connectivity index (χ2n) is 4.37. The molecule has 0 saturated heterocycles. The number of aliphatic hydroxyl groups is 1. The summed E-state index contributed by atoms with van der Waals surface area (Å²) in [5.74, 6) is -0.502. The van der Waals surface area contributed by atoms with Gasteiger partial charge < -0.3 is 15.5 Å². The fraction of sp³-hybridized carbons (Fsp3) is 0.417. The molecule has 1 fully saturated rings. The number of hydrogen-bond donors (Lipinski definition) is 3. The Kier molecular flexibility index (Phi) is 3.69. The summed E-state index contributed by atoms with van der Waals surface area (Å²) in [6.45, 7) is 0.707. The Labute approximate surface area is 108 Å². The maximum atomic E-state index is 11.1. The van der Waals surface area contributed by atoms with Crippen LogP contribution in [0, 0.1) is 5.92 Å². The van der Waals surface area contributed by atoms with E-state index in [1.54, 1.807) is 12.1 Å². The van der Waals surface area contributed by atoms with E-state index in [0.29, 0.717) is 18.2 Å². The van der Waals surface area contributed by atoms with Crippen molar-refractivity contribution in [3.05, 3.63) is 28.2 Å². The van der Waals surface area contributed by atoms with E-state index in [1.807, 2.05) is 6.07 Å². The number of carbonyl (C=O) groups is 1. The number of aromatic carboxylic acids is 1. The summed E-state index contributed by atoms with van der Waals surface area (Å²) in [5, 5.41) is 21.4. The van der Waals surface area contributed by atoms with Gasteiger partial charge in [-0.05, 0) is 37.0 Å². The Bertz CT molecular complexity index is 430. The van der Waals surface area contributed by atoms with E-state index in [-0.39, 0.29) is 11.7 Å². The van der Waals surface area contributed by atoms with Gasteiger partial charge in [-0.1, -0.05) is 15.9 Å². The maximum Gasteiger partial charge on any atom is 0.337 e. The van der Waals surface area contributed by atoms with Gasteiger partial charge in [-0.3, -0.25) is 0 Å². The third-order valence-electron chi connectivity index (χ3n) is 3.00. The van der Waals surface area contributed by atoms with Crippen LogP contribution in [-0.4, -0.2) is 28.8 Å². The molecule has 0 atom stereocenters. The molecule has 4 nitrogen and oxygen atoms in total. The molecule has 1 aromatic carbocycles. The van der Waals surface area contributed by atoms with Gasteiger partial charge in [0.2, 0.25) is 0 Å². The fourth-order valence-corrected chi connectivity index (χ4v) is 2.33. The molecule has 0 radical (unpaired) electrons. The standard InChI is InChI=1S/C12H14BrNO3/c13-8-1-2-11(10(5-8)12(16)17)14-6-7-3-9(15)4-7/h1-2,5,7,9,14-15H,3-4,6H2,(H,16,17). The van der Waals surface area contributed by atoms with Gasteiger partial charge in [0.15, 0.2) is 0 Å². The van der Waals surface area contributed by atoms with Gasteiger partial charge in [0.25, 0.3) is 0 Å². The highest BCUT2D eigenvalue weighted by Crippen LogP contribution is 2.28. The molecule has 0 amide bonds. The molecule has 2 rings (SSSR count). The van der Waals surface area contributed by atoms with Gasteiger partial charge in [0, 0.05) is 16.7 Å². The van der Waals surface area contributed by atoms with Crippen molar-refractivity contribution < 1.29 is 15.0 Å². The number of nitrogens with one attached hydrogen (secondary N) is 1. The van der Waals surface area contributed by atoms with Crippen molar-refractivity contribution in [1.82, 2.24) is 0 Å². The van der Waals surface area contributed by atoms with Crippen molar-refractivity contribution in [3.8, 4) is 0 Å². The van der Waals surface area contributed by atoms with Gasteiger partial charge in [0.05, 0.1) is 11.7 Å². The zero-order valence-electron chi connectivity index (χ0n) is 9.19. The third kappa shape index (κ3) is 2.98. The molecule has 1 saturated carbocycles. The molecule has 0 bridgehead atoms. The number of carboxylic acids is 1. The van der Waals surface area contributed by atoms with E-state index in [0.717, 1.165) is 17.3 Å². The molecule has 0 aromatic heterocycles. The topological polar surface area (TPSA) is 69.6 Å². The van der Waals surface area contributed by atoms with Crippen LogP contribution in [0.2, 0.25) is 0 Å². The fourth-order valence-electron chi connectivity index (χ4n) is 1.97. The molecule has 0 unspecified atom stereocenters. The molecule has 17 heavy (non-hydrogen) atoms. The average Bonchev–Trinajstić information content (AvgIpc) is 2.24. The Morgan fingerprint density at radius 2 is 2.18 bits per heavy atom. The third-order valence-corrected chi connectivity index (χ3v) is 3.50. The van der Waals surface area contributed by atoms with E-state index in [1.165, 1.54) is 0 Å². The van der Waals surface area contributed by atoms with E-state index in [9.17, 15) is 4.79 Å². The van der Waals surface area contributed by atoms with Gasteiger partial charge in [0.1, 0.15) is 0 Å². The predicted molar refractivity (Wildman–Crippen MR) is 68.3 cm³/mol. The monoisotopic (exact) mass is 299 g/mol. The second-order valence-corrected chi connectivity index (χ2v) is 5.28. The second kappa shape index (κ2) is 5.06. The molecule has 5 heteroatoms. The summed E-state index contributed by atoms with van der Waals surface area (Å²) in [4.78, 5) is 11.1. The molecular weight excluding hydrogens is 286 g/mol. The Morgan fingerprint density at radius 1 is 1.47 bits per heavy atom. The lowest BCUT2D eigenvalue weighted by atomic mass is 9.82. The highest BCUT2D eigenvalue weighted by Gasteiger charge is 2.26. The number of halogens is 1. The van der Waals surface area contributed by atoms with E-state index in [4.69, 9.17) is 10.2 Å².